The lowest BCUT2D eigenvalue weighted by molar-refractivity contribution is 0.865. The van der Waals surface area contributed by atoms with Crippen LogP contribution in [0.15, 0.2) is 35.3 Å². The molecule has 1 aliphatic heterocycles. The third-order valence-corrected chi connectivity index (χ3v) is 2.95. The van der Waals surface area contributed by atoms with Gasteiger partial charge >= 0.3 is 0 Å². The molecule has 0 radical (unpaired) electrons. The molecule has 0 saturated heterocycles. The molecule has 1 heterocycles. The van der Waals surface area contributed by atoms with Crippen LogP contribution in [0.25, 0.3) is 0 Å². The van der Waals surface area contributed by atoms with E-state index in [2.05, 4.69) is 17.2 Å². The van der Waals surface area contributed by atoms with Crippen molar-refractivity contribution in [3.05, 3.63) is 30.3 Å². The summed E-state index contributed by atoms with van der Waals surface area (Å²) in [6.07, 6.45) is 0. The number of amidine groups is 1. The molecular formula is C10H12N2S. The summed E-state index contributed by atoms with van der Waals surface area (Å²) in [5.74, 6) is 1.09. The van der Waals surface area contributed by atoms with Gasteiger partial charge < -0.3 is 5.32 Å². The zero-order valence-electron chi connectivity index (χ0n) is 7.53. The first-order chi connectivity index (χ1) is 6.34. The van der Waals surface area contributed by atoms with E-state index >= 15 is 0 Å². The number of aliphatic imine (C=N–C) groups is 1. The first kappa shape index (κ1) is 8.63. The van der Waals surface area contributed by atoms with E-state index in [-0.39, 0.29) is 0 Å². The summed E-state index contributed by atoms with van der Waals surface area (Å²) in [5, 5.41) is 4.32. The van der Waals surface area contributed by atoms with Crippen LogP contribution in [0.1, 0.15) is 6.92 Å². The highest BCUT2D eigenvalue weighted by Gasteiger charge is 2.13. The van der Waals surface area contributed by atoms with Crippen molar-refractivity contribution in [1.29, 1.82) is 0 Å². The minimum absolute atomic E-state index is 0.455. The lowest BCUT2D eigenvalue weighted by Gasteiger charge is -2.03. The SMILES string of the molecule is CC1CSC(Nc2ccccc2)=N1. The molecule has 1 aromatic carbocycles. The Kier molecular flexibility index (Phi) is 2.54. The van der Waals surface area contributed by atoms with Gasteiger partial charge in [-0.1, -0.05) is 30.0 Å². The van der Waals surface area contributed by atoms with Crippen LogP contribution < -0.4 is 5.32 Å². The Labute approximate surface area is 82.5 Å². The monoisotopic (exact) mass is 192 g/mol. The largest absolute Gasteiger partial charge is 0.335 e. The van der Waals surface area contributed by atoms with Gasteiger partial charge in [0.05, 0.1) is 6.04 Å². The first-order valence-electron chi connectivity index (χ1n) is 4.37. The van der Waals surface area contributed by atoms with Gasteiger partial charge in [0.15, 0.2) is 5.17 Å². The van der Waals surface area contributed by atoms with Crippen molar-refractivity contribution in [1.82, 2.24) is 0 Å². The fourth-order valence-corrected chi connectivity index (χ4v) is 2.11. The summed E-state index contributed by atoms with van der Waals surface area (Å²) in [4.78, 5) is 4.45. The van der Waals surface area contributed by atoms with Crippen molar-refractivity contribution in [2.45, 2.75) is 13.0 Å². The first-order valence-corrected chi connectivity index (χ1v) is 5.36. The zero-order valence-corrected chi connectivity index (χ0v) is 8.34. The maximum absolute atomic E-state index is 4.45. The van der Waals surface area contributed by atoms with Crippen molar-refractivity contribution in [2.75, 3.05) is 11.1 Å². The molecule has 0 spiro atoms. The average molecular weight is 192 g/mol. The normalized spacial score (nSPS) is 21.3. The van der Waals surface area contributed by atoms with E-state index < -0.39 is 0 Å². The quantitative estimate of drug-likeness (QED) is 0.739. The van der Waals surface area contributed by atoms with Gasteiger partial charge in [-0.05, 0) is 19.1 Å². The number of hydrogen-bond donors (Lipinski definition) is 1. The number of anilines is 1. The average Bonchev–Trinajstić information content (AvgIpc) is 2.53. The van der Waals surface area contributed by atoms with Gasteiger partial charge in [0.1, 0.15) is 0 Å². The zero-order chi connectivity index (χ0) is 9.10. The molecule has 0 aliphatic carbocycles. The molecule has 2 rings (SSSR count). The summed E-state index contributed by atoms with van der Waals surface area (Å²) in [5.41, 5.74) is 1.11. The highest BCUT2D eigenvalue weighted by Crippen LogP contribution is 2.19. The minimum Gasteiger partial charge on any atom is -0.335 e. The van der Waals surface area contributed by atoms with Crippen molar-refractivity contribution in [2.24, 2.45) is 4.99 Å². The molecule has 0 amide bonds. The van der Waals surface area contributed by atoms with Gasteiger partial charge in [0, 0.05) is 11.4 Å². The fraction of sp³-hybridized carbons (Fsp3) is 0.300. The molecule has 1 aromatic rings. The van der Waals surface area contributed by atoms with E-state index in [1.165, 1.54) is 0 Å². The van der Waals surface area contributed by atoms with Gasteiger partial charge in [-0.15, -0.1) is 0 Å². The maximum atomic E-state index is 4.45. The predicted octanol–water partition coefficient (Wildman–Crippen LogP) is 2.59. The maximum Gasteiger partial charge on any atom is 0.161 e. The van der Waals surface area contributed by atoms with Crippen LogP contribution in [-0.2, 0) is 0 Å². The number of thioether (sulfide) groups is 1. The Morgan fingerprint density at radius 3 is 2.77 bits per heavy atom. The van der Waals surface area contributed by atoms with Crippen LogP contribution in [0.5, 0.6) is 0 Å². The Morgan fingerprint density at radius 2 is 2.15 bits per heavy atom. The van der Waals surface area contributed by atoms with Gasteiger partial charge in [-0.25, -0.2) is 0 Å². The number of para-hydroxylation sites is 1. The summed E-state index contributed by atoms with van der Waals surface area (Å²) in [6, 6.07) is 10.6. The summed E-state index contributed by atoms with van der Waals surface area (Å²) < 4.78 is 0. The topological polar surface area (TPSA) is 24.4 Å². The van der Waals surface area contributed by atoms with Crippen molar-refractivity contribution < 1.29 is 0 Å². The van der Waals surface area contributed by atoms with Crippen LogP contribution in [-0.4, -0.2) is 17.0 Å². The van der Waals surface area contributed by atoms with Crippen molar-refractivity contribution in [3.8, 4) is 0 Å². The lowest BCUT2D eigenvalue weighted by atomic mass is 10.3. The molecule has 3 heteroatoms. The van der Waals surface area contributed by atoms with Crippen molar-refractivity contribution >= 4 is 22.6 Å². The molecule has 1 N–H and O–H groups in total. The minimum atomic E-state index is 0.455. The van der Waals surface area contributed by atoms with E-state index in [1.807, 2.05) is 30.3 Å². The Bertz CT molecular complexity index is 308. The number of rotatable bonds is 1. The van der Waals surface area contributed by atoms with Crippen LogP contribution in [0.2, 0.25) is 0 Å². The van der Waals surface area contributed by atoms with Gasteiger partial charge in [-0.3, -0.25) is 4.99 Å². The van der Waals surface area contributed by atoms with Crippen molar-refractivity contribution in [3.63, 3.8) is 0 Å². The number of nitrogens with zero attached hydrogens (tertiary/aromatic N) is 1. The number of benzene rings is 1. The van der Waals surface area contributed by atoms with E-state index in [1.54, 1.807) is 11.8 Å². The summed E-state index contributed by atoms with van der Waals surface area (Å²) in [6.45, 7) is 2.13. The van der Waals surface area contributed by atoms with E-state index in [0.717, 1.165) is 16.6 Å². The second kappa shape index (κ2) is 3.83. The molecule has 2 nitrogen and oxygen atoms in total. The summed E-state index contributed by atoms with van der Waals surface area (Å²) >= 11 is 1.78. The van der Waals surface area contributed by atoms with Crippen LogP contribution in [0, 0.1) is 0 Å². The molecule has 0 bridgehead atoms. The summed E-state index contributed by atoms with van der Waals surface area (Å²) in [7, 11) is 0. The highest BCUT2D eigenvalue weighted by atomic mass is 32.2. The van der Waals surface area contributed by atoms with E-state index in [9.17, 15) is 0 Å². The third-order valence-electron chi connectivity index (χ3n) is 1.82. The second-order valence-electron chi connectivity index (χ2n) is 3.09. The number of nitrogens with one attached hydrogen (secondary N) is 1. The second-order valence-corrected chi connectivity index (χ2v) is 4.09. The highest BCUT2D eigenvalue weighted by molar-refractivity contribution is 8.14. The molecule has 0 aromatic heterocycles. The lowest BCUT2D eigenvalue weighted by Crippen LogP contribution is -2.04. The molecule has 1 unspecified atom stereocenters. The molecule has 0 fully saturated rings. The predicted molar refractivity (Wildman–Crippen MR) is 59.4 cm³/mol. The third kappa shape index (κ3) is 2.25. The molecule has 68 valence electrons. The van der Waals surface area contributed by atoms with Crippen LogP contribution >= 0.6 is 11.8 Å². The molecule has 1 atom stereocenters. The van der Waals surface area contributed by atoms with E-state index in [0.29, 0.717) is 6.04 Å². The molecule has 0 saturated carbocycles. The molecule has 13 heavy (non-hydrogen) atoms. The van der Waals surface area contributed by atoms with E-state index in [4.69, 9.17) is 0 Å². The van der Waals surface area contributed by atoms with Gasteiger partial charge in [0.25, 0.3) is 0 Å². The van der Waals surface area contributed by atoms with Crippen LogP contribution in [0.3, 0.4) is 0 Å². The Hall–Kier alpha value is -0.960. The fourth-order valence-electron chi connectivity index (χ4n) is 1.19. The molecular weight excluding hydrogens is 180 g/mol. The van der Waals surface area contributed by atoms with Gasteiger partial charge in [-0.2, -0.15) is 0 Å². The molecule has 1 aliphatic rings. The smallest absolute Gasteiger partial charge is 0.161 e. The Balaban J connectivity index is 2.03. The van der Waals surface area contributed by atoms with Crippen LogP contribution in [0.4, 0.5) is 5.69 Å². The Morgan fingerprint density at radius 1 is 1.38 bits per heavy atom. The van der Waals surface area contributed by atoms with Gasteiger partial charge in [0.2, 0.25) is 0 Å². The standard InChI is InChI=1S/C10H12N2S/c1-8-7-13-10(11-8)12-9-5-3-2-4-6-9/h2-6,8H,7H2,1H3,(H,11,12). The number of hydrogen-bond acceptors (Lipinski definition) is 3.